The van der Waals surface area contributed by atoms with Gasteiger partial charge in [0.2, 0.25) is 0 Å². The number of hydrogen-bond acceptors (Lipinski definition) is 6. The lowest BCUT2D eigenvalue weighted by Crippen LogP contribution is -2.32. The molecule has 9 nitrogen and oxygen atoms in total. The van der Waals surface area contributed by atoms with E-state index in [1.54, 1.807) is 31.2 Å². The molecule has 0 fully saturated rings. The number of esters is 1. The number of para-hydroxylation sites is 1. The van der Waals surface area contributed by atoms with Crippen molar-refractivity contribution in [1.82, 2.24) is 15.4 Å². The number of aromatic amines is 2. The Morgan fingerprint density at radius 1 is 1.13 bits per heavy atom. The number of nitrogens with one attached hydrogen (secondary N) is 3. The number of hydrazine groups is 1. The smallest absolute Gasteiger partial charge is 0.344 e. The van der Waals surface area contributed by atoms with E-state index in [0.717, 1.165) is 10.9 Å². The number of hydrazone groups is 1. The van der Waals surface area contributed by atoms with Crippen LogP contribution in [0.15, 0.2) is 58.4 Å². The maximum atomic E-state index is 13.0. The third-order valence-corrected chi connectivity index (χ3v) is 4.84. The van der Waals surface area contributed by atoms with Gasteiger partial charge in [-0.15, -0.1) is 0 Å². The molecule has 9 heteroatoms. The maximum Gasteiger partial charge on any atom is 0.344 e. The fourth-order valence-corrected chi connectivity index (χ4v) is 3.58. The molecule has 0 atom stereocenters. The van der Waals surface area contributed by atoms with E-state index < -0.39 is 11.5 Å². The molecule has 0 unspecified atom stereocenters. The average Bonchev–Trinajstić information content (AvgIpc) is 3.12. The molecule has 30 heavy (non-hydrogen) atoms. The zero-order valence-electron chi connectivity index (χ0n) is 16.2. The minimum Gasteiger partial charge on any atom is -0.462 e. The van der Waals surface area contributed by atoms with Gasteiger partial charge in [0.25, 0.3) is 5.56 Å². The largest absolute Gasteiger partial charge is 0.462 e. The lowest BCUT2D eigenvalue weighted by Gasteiger charge is -2.12. The molecule has 4 rings (SSSR count). The monoisotopic (exact) mass is 404 g/mol. The quantitative estimate of drug-likeness (QED) is 0.115. The number of rotatable bonds is 4. The van der Waals surface area contributed by atoms with E-state index in [9.17, 15) is 9.59 Å². The van der Waals surface area contributed by atoms with Crippen molar-refractivity contribution in [2.45, 2.75) is 6.92 Å². The van der Waals surface area contributed by atoms with Crippen LogP contribution in [0, 0.1) is 0 Å². The summed E-state index contributed by atoms with van der Waals surface area (Å²) in [5, 5.41) is 4.46. The number of carbonyl (C=O) groups excluding carboxylic acids is 1. The number of amidine groups is 1. The van der Waals surface area contributed by atoms with E-state index >= 15 is 0 Å². The van der Waals surface area contributed by atoms with Crippen LogP contribution in [0.4, 0.5) is 0 Å². The Labute approximate surface area is 170 Å². The normalized spacial score (nSPS) is 11.7. The number of aromatic nitrogens is 2. The van der Waals surface area contributed by atoms with Gasteiger partial charge in [-0.2, -0.15) is 5.10 Å². The summed E-state index contributed by atoms with van der Waals surface area (Å²) in [4.78, 5) is 31.8. The Balaban J connectivity index is 2.11. The number of fused-ring (bicyclic) bond motifs is 3. The molecule has 4 aromatic rings. The molecule has 0 amide bonds. The highest BCUT2D eigenvalue weighted by Crippen LogP contribution is 2.33. The number of nitrogens with two attached hydrogens (primary N) is 2. The molecule has 0 saturated heterocycles. The van der Waals surface area contributed by atoms with Crippen molar-refractivity contribution in [3.05, 3.63) is 70.0 Å². The number of pyridine rings is 1. The summed E-state index contributed by atoms with van der Waals surface area (Å²) < 4.78 is 5.17. The third kappa shape index (κ3) is 3.07. The number of hydrogen-bond donors (Lipinski definition) is 5. The molecule has 2 aromatic heterocycles. The molecule has 2 aromatic carbocycles. The summed E-state index contributed by atoms with van der Waals surface area (Å²) in [6.45, 7) is 1.83. The molecule has 0 radical (unpaired) electrons. The molecule has 2 heterocycles. The van der Waals surface area contributed by atoms with Crippen molar-refractivity contribution in [2.24, 2.45) is 16.8 Å². The number of nitrogens with zero attached hydrogens (tertiary/aromatic N) is 1. The molecular weight excluding hydrogens is 384 g/mol. The molecule has 152 valence electrons. The highest BCUT2D eigenvalue weighted by atomic mass is 16.5. The maximum absolute atomic E-state index is 13.0. The summed E-state index contributed by atoms with van der Waals surface area (Å²) in [6.07, 6.45) is 0. The molecule has 0 bridgehead atoms. The Kier molecular flexibility index (Phi) is 4.95. The van der Waals surface area contributed by atoms with Crippen LogP contribution >= 0.6 is 0 Å². The Morgan fingerprint density at radius 3 is 2.67 bits per heavy atom. The summed E-state index contributed by atoms with van der Waals surface area (Å²) in [7, 11) is 0. The van der Waals surface area contributed by atoms with Crippen LogP contribution in [0.25, 0.3) is 33.1 Å². The first kappa shape index (κ1) is 19.2. The van der Waals surface area contributed by atoms with Gasteiger partial charge in [0.15, 0.2) is 5.84 Å². The average molecular weight is 404 g/mol. The topological polar surface area (TPSA) is 151 Å². The van der Waals surface area contributed by atoms with Crippen molar-refractivity contribution >= 4 is 33.7 Å². The lowest BCUT2D eigenvalue weighted by molar-refractivity contribution is 0.0525. The Bertz CT molecular complexity index is 1350. The van der Waals surface area contributed by atoms with Gasteiger partial charge >= 0.3 is 5.97 Å². The van der Waals surface area contributed by atoms with Crippen LogP contribution in [-0.4, -0.2) is 28.4 Å². The standard InChI is InChI=1S/C21H20N6O3/c1-2-30-21(29)16-15(11-6-5-7-12(10-11)19(26-22)27-23)18-17(25-20(16)28)13-8-3-4-9-14(13)24-18/h3-10,24H,2,22-23H2,1H3,(H,25,28)(H,26,27). The summed E-state index contributed by atoms with van der Waals surface area (Å²) in [5.74, 6) is 10.4. The third-order valence-electron chi connectivity index (χ3n) is 4.84. The lowest BCUT2D eigenvalue weighted by atomic mass is 9.97. The molecule has 0 saturated carbocycles. The van der Waals surface area contributed by atoms with E-state index in [1.807, 2.05) is 24.3 Å². The van der Waals surface area contributed by atoms with Crippen LogP contribution in [0.2, 0.25) is 0 Å². The van der Waals surface area contributed by atoms with E-state index in [4.69, 9.17) is 16.4 Å². The summed E-state index contributed by atoms with van der Waals surface area (Å²) >= 11 is 0. The molecule has 0 aliphatic carbocycles. The second-order valence-electron chi connectivity index (χ2n) is 6.55. The zero-order chi connectivity index (χ0) is 21.3. The molecule has 0 spiro atoms. The molecular formula is C21H20N6O3. The van der Waals surface area contributed by atoms with Gasteiger partial charge in [-0.3, -0.25) is 4.79 Å². The van der Waals surface area contributed by atoms with Crippen molar-refractivity contribution in [3.8, 4) is 11.1 Å². The van der Waals surface area contributed by atoms with Gasteiger partial charge in [-0.05, 0) is 24.6 Å². The first-order valence-electron chi connectivity index (χ1n) is 9.28. The molecule has 0 aliphatic rings. The fourth-order valence-electron chi connectivity index (χ4n) is 3.58. The van der Waals surface area contributed by atoms with Crippen molar-refractivity contribution in [3.63, 3.8) is 0 Å². The predicted octanol–water partition coefficient (Wildman–Crippen LogP) is 1.94. The van der Waals surface area contributed by atoms with Crippen LogP contribution in [0.1, 0.15) is 22.8 Å². The summed E-state index contributed by atoms with van der Waals surface area (Å²) in [5.41, 5.74) is 5.49. The molecule has 0 aliphatic heterocycles. The predicted molar refractivity (Wildman–Crippen MR) is 116 cm³/mol. The Hall–Kier alpha value is -4.11. The second kappa shape index (κ2) is 7.72. The van der Waals surface area contributed by atoms with Crippen molar-refractivity contribution < 1.29 is 9.53 Å². The van der Waals surface area contributed by atoms with E-state index in [2.05, 4.69) is 20.5 Å². The number of ether oxygens (including phenoxy) is 1. The van der Waals surface area contributed by atoms with E-state index in [0.29, 0.717) is 27.7 Å². The Morgan fingerprint density at radius 2 is 1.93 bits per heavy atom. The van der Waals surface area contributed by atoms with E-state index in [1.165, 1.54) is 0 Å². The SMILES string of the molecule is CCOC(=O)c1c(-c2cccc(/C(=N/N)NN)c2)c2[nH]c3ccccc3c2[nH]c1=O. The number of benzene rings is 2. The van der Waals surface area contributed by atoms with Crippen molar-refractivity contribution in [1.29, 1.82) is 0 Å². The van der Waals surface area contributed by atoms with Crippen LogP contribution in [-0.2, 0) is 4.74 Å². The highest BCUT2D eigenvalue weighted by Gasteiger charge is 2.24. The van der Waals surface area contributed by atoms with Gasteiger partial charge < -0.3 is 26.0 Å². The first-order valence-corrected chi connectivity index (χ1v) is 9.28. The number of carbonyl (C=O) groups is 1. The van der Waals surface area contributed by atoms with Gasteiger partial charge in [-0.25, -0.2) is 10.6 Å². The highest BCUT2D eigenvalue weighted by molar-refractivity contribution is 6.14. The zero-order valence-corrected chi connectivity index (χ0v) is 16.2. The van der Waals surface area contributed by atoms with Crippen LogP contribution < -0.4 is 22.7 Å². The minimum absolute atomic E-state index is 0.0833. The van der Waals surface area contributed by atoms with Gasteiger partial charge in [0.1, 0.15) is 5.56 Å². The van der Waals surface area contributed by atoms with Gasteiger partial charge in [-0.1, -0.05) is 36.4 Å². The van der Waals surface area contributed by atoms with Gasteiger partial charge in [0, 0.05) is 22.0 Å². The minimum atomic E-state index is -0.704. The molecule has 7 N–H and O–H groups in total. The van der Waals surface area contributed by atoms with Crippen molar-refractivity contribution in [2.75, 3.05) is 6.61 Å². The number of H-pyrrole nitrogens is 2. The van der Waals surface area contributed by atoms with E-state index in [-0.39, 0.29) is 18.0 Å². The fraction of sp³-hybridized carbons (Fsp3) is 0.0952. The van der Waals surface area contributed by atoms with Crippen LogP contribution in [0.3, 0.4) is 0 Å². The van der Waals surface area contributed by atoms with Crippen LogP contribution in [0.5, 0.6) is 0 Å². The van der Waals surface area contributed by atoms with Gasteiger partial charge in [0.05, 0.1) is 17.6 Å². The second-order valence-corrected chi connectivity index (χ2v) is 6.55. The summed E-state index contributed by atoms with van der Waals surface area (Å²) in [6, 6.07) is 14.6. The first-order chi connectivity index (χ1) is 14.6.